The Balaban J connectivity index is 1.64. The molecule has 0 bridgehead atoms. The maximum Gasteiger partial charge on any atom is 0.256 e. The summed E-state index contributed by atoms with van der Waals surface area (Å²) in [6, 6.07) is 9.24. The van der Waals surface area contributed by atoms with Crippen molar-refractivity contribution in [3.63, 3.8) is 0 Å². The number of halogens is 1. The first-order chi connectivity index (χ1) is 11.2. The van der Waals surface area contributed by atoms with Crippen LogP contribution in [0.15, 0.2) is 42.6 Å². The van der Waals surface area contributed by atoms with Gasteiger partial charge in [-0.1, -0.05) is 12.8 Å². The third-order valence-corrected chi connectivity index (χ3v) is 4.07. The number of pyridine rings is 1. The van der Waals surface area contributed by atoms with E-state index in [2.05, 4.69) is 15.2 Å². The van der Waals surface area contributed by atoms with E-state index in [1.165, 1.54) is 49.9 Å². The van der Waals surface area contributed by atoms with Crippen molar-refractivity contribution in [2.75, 3.05) is 23.3 Å². The van der Waals surface area contributed by atoms with Crippen LogP contribution in [-0.4, -0.2) is 24.0 Å². The van der Waals surface area contributed by atoms with E-state index in [4.69, 9.17) is 0 Å². The van der Waals surface area contributed by atoms with Crippen molar-refractivity contribution in [1.29, 1.82) is 0 Å². The van der Waals surface area contributed by atoms with E-state index in [1.54, 1.807) is 6.20 Å². The Kier molecular flexibility index (Phi) is 4.86. The quantitative estimate of drug-likeness (QED) is 0.936. The molecule has 23 heavy (non-hydrogen) atoms. The minimum atomic E-state index is -0.360. The first kappa shape index (κ1) is 15.5. The lowest BCUT2D eigenvalue weighted by atomic mass is 10.2. The summed E-state index contributed by atoms with van der Waals surface area (Å²) in [5.74, 6) is -0.153. The molecule has 1 aliphatic heterocycles. The highest BCUT2D eigenvalue weighted by Gasteiger charge is 2.11. The van der Waals surface area contributed by atoms with Gasteiger partial charge in [-0.15, -0.1) is 0 Å². The molecule has 1 aromatic carbocycles. The van der Waals surface area contributed by atoms with E-state index >= 15 is 0 Å². The first-order valence-corrected chi connectivity index (χ1v) is 8.00. The van der Waals surface area contributed by atoms with Gasteiger partial charge in [0.2, 0.25) is 0 Å². The van der Waals surface area contributed by atoms with Gasteiger partial charge >= 0.3 is 0 Å². The van der Waals surface area contributed by atoms with Crippen molar-refractivity contribution >= 4 is 17.4 Å². The van der Waals surface area contributed by atoms with Crippen LogP contribution in [0, 0.1) is 5.82 Å². The number of anilines is 2. The molecule has 1 aromatic heterocycles. The second-order valence-corrected chi connectivity index (χ2v) is 5.76. The fourth-order valence-corrected chi connectivity index (χ4v) is 2.77. The molecule has 120 valence electrons. The number of carbonyl (C=O) groups excluding carboxylic acids is 1. The number of hydrogen-bond acceptors (Lipinski definition) is 3. The van der Waals surface area contributed by atoms with E-state index in [0.29, 0.717) is 11.4 Å². The normalized spacial score (nSPS) is 15.1. The minimum Gasteiger partial charge on any atom is -0.370 e. The molecular formula is C18H20FN3O. The average Bonchev–Trinajstić information content (AvgIpc) is 2.85. The Hall–Kier alpha value is -2.43. The van der Waals surface area contributed by atoms with Gasteiger partial charge in [0.25, 0.3) is 5.91 Å². The summed E-state index contributed by atoms with van der Waals surface area (Å²) in [7, 11) is 0. The number of benzene rings is 1. The molecule has 0 spiro atoms. The molecule has 3 rings (SSSR count). The van der Waals surface area contributed by atoms with Crippen LogP contribution < -0.4 is 10.2 Å². The minimum absolute atomic E-state index is 0.292. The summed E-state index contributed by atoms with van der Waals surface area (Å²) in [6.07, 6.45) is 6.79. The van der Waals surface area contributed by atoms with Crippen molar-refractivity contribution in [1.82, 2.24) is 4.98 Å². The summed E-state index contributed by atoms with van der Waals surface area (Å²) in [6.45, 7) is 2.12. The zero-order valence-electron chi connectivity index (χ0n) is 13.0. The number of amides is 1. The summed E-state index contributed by atoms with van der Waals surface area (Å²) >= 11 is 0. The predicted octanol–water partition coefficient (Wildman–Crippen LogP) is 3.85. The molecule has 1 amide bonds. The van der Waals surface area contributed by atoms with Gasteiger partial charge in [0.15, 0.2) is 0 Å². The predicted molar refractivity (Wildman–Crippen MR) is 89.3 cm³/mol. The van der Waals surface area contributed by atoms with E-state index in [-0.39, 0.29) is 11.7 Å². The molecule has 2 heterocycles. The molecule has 4 nitrogen and oxygen atoms in total. The van der Waals surface area contributed by atoms with Crippen molar-refractivity contribution in [2.24, 2.45) is 0 Å². The van der Waals surface area contributed by atoms with Crippen molar-refractivity contribution in [3.05, 3.63) is 54.0 Å². The zero-order valence-corrected chi connectivity index (χ0v) is 13.0. The summed E-state index contributed by atoms with van der Waals surface area (Å²) in [5.41, 5.74) is 1.50. The Morgan fingerprint density at radius 3 is 2.30 bits per heavy atom. The van der Waals surface area contributed by atoms with Crippen LogP contribution >= 0.6 is 0 Å². The van der Waals surface area contributed by atoms with Gasteiger partial charge in [-0.05, 0) is 49.2 Å². The highest BCUT2D eigenvalue weighted by Crippen LogP contribution is 2.20. The molecule has 0 unspecified atom stereocenters. The van der Waals surface area contributed by atoms with Gasteiger partial charge in [-0.25, -0.2) is 9.37 Å². The maximum absolute atomic E-state index is 12.9. The molecule has 2 aromatic rings. The molecule has 1 N–H and O–H groups in total. The number of nitrogens with one attached hydrogen (secondary N) is 1. The summed E-state index contributed by atoms with van der Waals surface area (Å²) in [4.78, 5) is 18.7. The monoisotopic (exact) mass is 313 g/mol. The molecule has 0 radical (unpaired) electrons. The van der Waals surface area contributed by atoms with Gasteiger partial charge in [0.05, 0.1) is 11.9 Å². The van der Waals surface area contributed by atoms with Crippen molar-refractivity contribution < 1.29 is 9.18 Å². The lowest BCUT2D eigenvalue weighted by Gasteiger charge is -2.22. The van der Waals surface area contributed by atoms with Crippen LogP contribution in [0.3, 0.4) is 0 Å². The van der Waals surface area contributed by atoms with E-state index in [1.807, 2.05) is 12.1 Å². The van der Waals surface area contributed by atoms with Gasteiger partial charge in [-0.2, -0.15) is 0 Å². The van der Waals surface area contributed by atoms with Gasteiger partial charge < -0.3 is 10.2 Å². The lowest BCUT2D eigenvalue weighted by Crippen LogP contribution is -2.24. The molecule has 1 fully saturated rings. The van der Waals surface area contributed by atoms with Crippen LogP contribution in [0.5, 0.6) is 0 Å². The van der Waals surface area contributed by atoms with E-state index in [0.717, 1.165) is 18.8 Å². The number of aromatic nitrogens is 1. The number of nitrogens with zero attached hydrogens (tertiary/aromatic N) is 2. The number of carbonyl (C=O) groups is 1. The van der Waals surface area contributed by atoms with Crippen molar-refractivity contribution in [2.45, 2.75) is 25.7 Å². The lowest BCUT2D eigenvalue weighted by molar-refractivity contribution is 0.102. The van der Waals surface area contributed by atoms with Crippen molar-refractivity contribution in [3.8, 4) is 0 Å². The van der Waals surface area contributed by atoms with Gasteiger partial charge in [0, 0.05) is 18.7 Å². The smallest absolute Gasteiger partial charge is 0.256 e. The number of hydrogen-bond donors (Lipinski definition) is 1. The molecule has 1 aliphatic rings. The molecule has 1 saturated heterocycles. The summed E-state index contributed by atoms with van der Waals surface area (Å²) < 4.78 is 12.9. The Morgan fingerprint density at radius 1 is 1.00 bits per heavy atom. The van der Waals surface area contributed by atoms with Crippen LogP contribution in [-0.2, 0) is 0 Å². The zero-order chi connectivity index (χ0) is 16.1. The standard InChI is InChI=1S/C18H20FN3O/c19-15-7-5-14(6-8-15)18(23)21-17-10-9-16(13-20-17)22-11-3-1-2-4-12-22/h5-10,13H,1-4,11-12H2,(H,20,21,23). The van der Waals surface area contributed by atoms with Crippen LogP contribution in [0.1, 0.15) is 36.0 Å². The maximum atomic E-state index is 12.9. The molecule has 0 aliphatic carbocycles. The molecule has 5 heteroatoms. The fourth-order valence-electron chi connectivity index (χ4n) is 2.77. The highest BCUT2D eigenvalue weighted by atomic mass is 19.1. The fraction of sp³-hybridized carbons (Fsp3) is 0.333. The Morgan fingerprint density at radius 2 is 1.70 bits per heavy atom. The van der Waals surface area contributed by atoms with Crippen LogP contribution in [0.4, 0.5) is 15.9 Å². The Labute approximate surface area is 135 Å². The number of rotatable bonds is 3. The molecule has 0 atom stereocenters. The highest BCUT2D eigenvalue weighted by molar-refractivity contribution is 6.03. The second kappa shape index (κ2) is 7.22. The first-order valence-electron chi connectivity index (χ1n) is 8.00. The van der Waals surface area contributed by atoms with Gasteiger partial charge in [-0.3, -0.25) is 4.79 Å². The van der Waals surface area contributed by atoms with Crippen LogP contribution in [0.2, 0.25) is 0 Å². The van der Waals surface area contributed by atoms with E-state index < -0.39 is 0 Å². The Bertz CT molecular complexity index is 647. The summed E-state index contributed by atoms with van der Waals surface area (Å²) in [5, 5.41) is 2.73. The third kappa shape index (κ3) is 4.06. The molecule has 0 saturated carbocycles. The SMILES string of the molecule is O=C(Nc1ccc(N2CCCCCC2)cn1)c1ccc(F)cc1. The van der Waals surface area contributed by atoms with Crippen LogP contribution in [0.25, 0.3) is 0 Å². The van der Waals surface area contributed by atoms with E-state index in [9.17, 15) is 9.18 Å². The van der Waals surface area contributed by atoms with Gasteiger partial charge in [0.1, 0.15) is 11.6 Å². The second-order valence-electron chi connectivity index (χ2n) is 5.76. The largest absolute Gasteiger partial charge is 0.370 e. The average molecular weight is 313 g/mol. The topological polar surface area (TPSA) is 45.2 Å². The molecular weight excluding hydrogens is 293 g/mol. The third-order valence-electron chi connectivity index (χ3n) is 4.07.